The molecule has 0 spiro atoms. The van der Waals surface area contributed by atoms with Crippen molar-refractivity contribution in [3.8, 4) is 5.75 Å². The highest BCUT2D eigenvalue weighted by molar-refractivity contribution is 5.97. The lowest BCUT2D eigenvalue weighted by Crippen LogP contribution is -2.09. The summed E-state index contributed by atoms with van der Waals surface area (Å²) in [6.45, 7) is 0. The zero-order valence-corrected chi connectivity index (χ0v) is 12.5. The highest BCUT2D eigenvalue weighted by Crippen LogP contribution is 2.31. The molecule has 0 radical (unpaired) electrons. The van der Waals surface area contributed by atoms with Crippen LogP contribution in [0.5, 0.6) is 5.75 Å². The van der Waals surface area contributed by atoms with Gasteiger partial charge in [-0.05, 0) is 30.3 Å². The average Bonchev–Trinajstić information content (AvgIpc) is 2.61. The third kappa shape index (κ3) is 3.11. The van der Waals surface area contributed by atoms with Crippen LogP contribution in [0, 0.1) is 20.2 Å². The van der Waals surface area contributed by atoms with E-state index in [0.29, 0.717) is 0 Å². The molecule has 0 N–H and O–H groups in total. The fourth-order valence-electron chi connectivity index (χ4n) is 2.25. The minimum Gasteiger partial charge on any atom is -0.421 e. The Bertz CT molecular complexity index is 1000. The number of pyridine rings is 1. The molecule has 1 aromatic heterocycles. The van der Waals surface area contributed by atoms with Crippen LogP contribution in [0.25, 0.3) is 10.9 Å². The van der Waals surface area contributed by atoms with Gasteiger partial charge >= 0.3 is 5.97 Å². The maximum atomic E-state index is 12.2. The van der Waals surface area contributed by atoms with Crippen molar-refractivity contribution < 1.29 is 19.4 Å². The number of ether oxygens (including phenoxy) is 1. The van der Waals surface area contributed by atoms with Crippen LogP contribution < -0.4 is 4.74 Å². The fraction of sp³-hybridized carbons (Fsp3) is 0. The first-order valence-electron chi connectivity index (χ1n) is 6.96. The summed E-state index contributed by atoms with van der Waals surface area (Å²) in [5, 5.41) is 21.9. The molecular formula is C16H9N3O6. The molecule has 2 aromatic carbocycles. The van der Waals surface area contributed by atoms with Gasteiger partial charge in [-0.1, -0.05) is 0 Å². The number of nitrogens with zero attached hydrogens (tertiary/aromatic N) is 3. The topological polar surface area (TPSA) is 125 Å². The van der Waals surface area contributed by atoms with Gasteiger partial charge in [-0.2, -0.15) is 0 Å². The maximum absolute atomic E-state index is 12.2. The Morgan fingerprint density at radius 2 is 1.68 bits per heavy atom. The molecule has 1 heterocycles. The molecule has 0 fully saturated rings. The first kappa shape index (κ1) is 16.0. The molecule has 3 rings (SSSR count). The van der Waals surface area contributed by atoms with Crippen molar-refractivity contribution in [2.45, 2.75) is 0 Å². The van der Waals surface area contributed by atoms with Gasteiger partial charge in [-0.25, -0.2) is 4.79 Å². The van der Waals surface area contributed by atoms with Crippen molar-refractivity contribution in [1.82, 2.24) is 4.98 Å². The van der Waals surface area contributed by atoms with E-state index in [9.17, 15) is 25.0 Å². The zero-order valence-electron chi connectivity index (χ0n) is 12.5. The van der Waals surface area contributed by atoms with Crippen molar-refractivity contribution in [3.05, 3.63) is 80.5 Å². The Balaban J connectivity index is 1.95. The number of rotatable bonds is 4. The van der Waals surface area contributed by atoms with Crippen molar-refractivity contribution in [3.63, 3.8) is 0 Å². The summed E-state index contributed by atoms with van der Waals surface area (Å²) in [6, 6.07) is 10.5. The van der Waals surface area contributed by atoms with Gasteiger partial charge in [-0.15, -0.1) is 0 Å². The van der Waals surface area contributed by atoms with Crippen LogP contribution in [-0.4, -0.2) is 20.8 Å². The lowest BCUT2D eigenvalue weighted by atomic mass is 10.1. The lowest BCUT2D eigenvalue weighted by molar-refractivity contribution is -0.384. The highest BCUT2D eigenvalue weighted by atomic mass is 16.6. The molecule has 9 nitrogen and oxygen atoms in total. The normalized spacial score (nSPS) is 10.4. The van der Waals surface area contributed by atoms with Crippen LogP contribution in [0.1, 0.15) is 10.4 Å². The number of aromatic nitrogens is 1. The van der Waals surface area contributed by atoms with Crippen LogP contribution in [-0.2, 0) is 0 Å². The number of non-ortho nitro benzene ring substituents is 2. The first-order valence-corrected chi connectivity index (χ1v) is 6.96. The molecular weight excluding hydrogens is 330 g/mol. The molecule has 25 heavy (non-hydrogen) atoms. The number of benzene rings is 2. The van der Waals surface area contributed by atoms with Crippen LogP contribution in [0.2, 0.25) is 0 Å². The van der Waals surface area contributed by atoms with E-state index in [1.54, 1.807) is 0 Å². The van der Waals surface area contributed by atoms with Gasteiger partial charge in [0.25, 0.3) is 11.4 Å². The molecule has 0 aliphatic carbocycles. The molecule has 124 valence electrons. The van der Waals surface area contributed by atoms with E-state index in [1.807, 2.05) is 0 Å². The lowest BCUT2D eigenvalue weighted by Gasteiger charge is -2.07. The molecule has 0 atom stereocenters. The maximum Gasteiger partial charge on any atom is 0.343 e. The van der Waals surface area contributed by atoms with E-state index in [-0.39, 0.29) is 33.6 Å². The van der Waals surface area contributed by atoms with Crippen LogP contribution in [0.3, 0.4) is 0 Å². The van der Waals surface area contributed by atoms with Crippen LogP contribution in [0.4, 0.5) is 11.4 Å². The number of hydrogen-bond acceptors (Lipinski definition) is 7. The number of carbonyl (C=O) groups excluding carboxylic acids is 1. The second kappa shape index (κ2) is 6.32. The van der Waals surface area contributed by atoms with E-state index in [1.165, 1.54) is 54.7 Å². The average molecular weight is 339 g/mol. The smallest absolute Gasteiger partial charge is 0.343 e. The minimum atomic E-state index is -0.754. The molecule has 0 aliphatic heterocycles. The molecule has 0 saturated carbocycles. The van der Waals surface area contributed by atoms with Gasteiger partial charge < -0.3 is 4.74 Å². The van der Waals surface area contributed by atoms with Crippen molar-refractivity contribution >= 4 is 28.2 Å². The van der Waals surface area contributed by atoms with E-state index < -0.39 is 15.8 Å². The Morgan fingerprint density at radius 3 is 2.32 bits per heavy atom. The molecule has 9 heteroatoms. The van der Waals surface area contributed by atoms with E-state index in [0.717, 1.165) is 0 Å². The van der Waals surface area contributed by atoms with Gasteiger partial charge in [0.15, 0.2) is 5.75 Å². The van der Waals surface area contributed by atoms with Gasteiger partial charge in [0.1, 0.15) is 5.52 Å². The standard InChI is InChI=1S/C16H9N3O6/c20-16(10-3-5-11(6-4-10)18(21)22)25-14-8-7-13(19(23)24)12-2-1-9-17-15(12)14/h1-9H. The van der Waals surface area contributed by atoms with E-state index in [2.05, 4.69) is 4.98 Å². The summed E-state index contributed by atoms with van der Waals surface area (Å²) >= 11 is 0. The Labute approximate surface area is 139 Å². The SMILES string of the molecule is O=C(Oc1ccc([N+](=O)[O-])c2cccnc12)c1ccc([N+](=O)[O-])cc1. The summed E-state index contributed by atoms with van der Waals surface area (Å²) in [5.74, 6) is -0.694. The summed E-state index contributed by atoms with van der Waals surface area (Å²) in [7, 11) is 0. The summed E-state index contributed by atoms with van der Waals surface area (Å²) in [5.41, 5.74) is -0.0303. The quantitative estimate of drug-likeness (QED) is 0.309. The van der Waals surface area contributed by atoms with Crippen LogP contribution in [0.15, 0.2) is 54.7 Å². The fourth-order valence-corrected chi connectivity index (χ4v) is 2.25. The van der Waals surface area contributed by atoms with Gasteiger partial charge in [0.05, 0.1) is 20.8 Å². The monoisotopic (exact) mass is 339 g/mol. The summed E-state index contributed by atoms with van der Waals surface area (Å²) in [6.07, 6.45) is 1.43. The number of hydrogen-bond donors (Lipinski definition) is 0. The van der Waals surface area contributed by atoms with Crippen molar-refractivity contribution in [2.24, 2.45) is 0 Å². The van der Waals surface area contributed by atoms with Crippen molar-refractivity contribution in [1.29, 1.82) is 0 Å². The predicted molar refractivity (Wildman–Crippen MR) is 86.5 cm³/mol. The highest BCUT2D eigenvalue weighted by Gasteiger charge is 2.18. The first-order chi connectivity index (χ1) is 12.0. The van der Waals surface area contributed by atoms with Gasteiger partial charge in [0.2, 0.25) is 0 Å². The largest absolute Gasteiger partial charge is 0.421 e. The van der Waals surface area contributed by atoms with Crippen LogP contribution >= 0.6 is 0 Å². The molecule has 0 aliphatic rings. The second-order valence-corrected chi connectivity index (χ2v) is 4.93. The Morgan fingerprint density at radius 1 is 0.960 bits per heavy atom. The Kier molecular flexibility index (Phi) is 4.04. The Hall–Kier alpha value is -3.88. The van der Waals surface area contributed by atoms with Gasteiger partial charge in [-0.3, -0.25) is 25.2 Å². The molecule has 0 amide bonds. The zero-order chi connectivity index (χ0) is 18.0. The summed E-state index contributed by atoms with van der Waals surface area (Å²) in [4.78, 5) is 36.8. The number of carbonyl (C=O) groups is 1. The molecule has 3 aromatic rings. The number of nitro groups is 2. The van der Waals surface area contributed by atoms with Gasteiger partial charge in [0, 0.05) is 24.4 Å². The summed E-state index contributed by atoms with van der Waals surface area (Å²) < 4.78 is 5.25. The van der Waals surface area contributed by atoms with E-state index >= 15 is 0 Å². The second-order valence-electron chi connectivity index (χ2n) is 4.93. The molecule has 0 saturated heterocycles. The predicted octanol–water partition coefficient (Wildman–Crippen LogP) is 3.27. The number of fused-ring (bicyclic) bond motifs is 1. The molecule has 0 unspecified atom stereocenters. The third-order valence-corrected chi connectivity index (χ3v) is 3.42. The minimum absolute atomic E-state index is 0.0598. The van der Waals surface area contributed by atoms with Crippen molar-refractivity contribution in [2.75, 3.05) is 0 Å². The number of nitro benzene ring substituents is 2. The molecule has 0 bridgehead atoms. The van der Waals surface area contributed by atoms with E-state index in [4.69, 9.17) is 4.74 Å². The third-order valence-electron chi connectivity index (χ3n) is 3.42. The number of esters is 1.